The first kappa shape index (κ1) is 12.0. The third kappa shape index (κ3) is 2.60. The summed E-state index contributed by atoms with van der Waals surface area (Å²) in [6, 6.07) is 7.78. The maximum absolute atomic E-state index is 11.8. The van der Waals surface area contributed by atoms with Gasteiger partial charge in [-0.05, 0) is 25.3 Å². The quantitative estimate of drug-likeness (QED) is 0.867. The summed E-state index contributed by atoms with van der Waals surface area (Å²) >= 11 is 0. The number of hydrogen-bond acceptors (Lipinski definition) is 2. The predicted octanol–water partition coefficient (Wildman–Crippen LogP) is 2.53. The molecule has 1 aliphatic carbocycles. The average Bonchev–Trinajstić information content (AvgIpc) is 3.06. The molecular formula is C14H19NO2. The number of carbonyl (C=O) groups excluding carboxylic acids is 1. The van der Waals surface area contributed by atoms with E-state index in [-0.39, 0.29) is 17.9 Å². The summed E-state index contributed by atoms with van der Waals surface area (Å²) in [6.45, 7) is 4.10. The topological polar surface area (TPSA) is 38.3 Å². The Morgan fingerprint density at radius 2 is 2.12 bits per heavy atom. The van der Waals surface area contributed by atoms with Crippen LogP contribution < -0.4 is 10.1 Å². The standard InChI is InChI=1S/C14H19NO2/c1-9-8-12(9)14(16)15-10(2)11-6-4-5-7-13(11)17-3/h4-7,9-10,12H,8H2,1-3H3,(H,15,16)/t9-,10+,12+/m1/s1. The van der Waals surface area contributed by atoms with E-state index in [1.807, 2.05) is 31.2 Å². The molecule has 0 heterocycles. The van der Waals surface area contributed by atoms with Crippen molar-refractivity contribution in [2.75, 3.05) is 7.11 Å². The number of carbonyl (C=O) groups is 1. The second kappa shape index (κ2) is 4.78. The summed E-state index contributed by atoms with van der Waals surface area (Å²) in [6.07, 6.45) is 1.02. The molecule has 3 heteroatoms. The normalized spacial score (nSPS) is 23.9. The van der Waals surface area contributed by atoms with Crippen LogP contribution in [0.25, 0.3) is 0 Å². The lowest BCUT2D eigenvalue weighted by molar-refractivity contribution is -0.123. The highest BCUT2D eigenvalue weighted by Gasteiger charge is 2.39. The molecule has 1 saturated carbocycles. The van der Waals surface area contributed by atoms with Crippen molar-refractivity contribution in [3.63, 3.8) is 0 Å². The molecule has 17 heavy (non-hydrogen) atoms. The van der Waals surface area contributed by atoms with Crippen LogP contribution in [-0.4, -0.2) is 13.0 Å². The van der Waals surface area contributed by atoms with Gasteiger partial charge in [-0.2, -0.15) is 0 Å². The predicted molar refractivity (Wildman–Crippen MR) is 66.8 cm³/mol. The SMILES string of the molecule is COc1ccccc1[C@H](C)NC(=O)[C@H]1C[C@H]1C. The lowest BCUT2D eigenvalue weighted by Gasteiger charge is -2.17. The van der Waals surface area contributed by atoms with Gasteiger partial charge in [-0.3, -0.25) is 4.79 Å². The smallest absolute Gasteiger partial charge is 0.223 e. The van der Waals surface area contributed by atoms with Gasteiger partial charge in [0.15, 0.2) is 0 Å². The van der Waals surface area contributed by atoms with E-state index in [9.17, 15) is 4.79 Å². The van der Waals surface area contributed by atoms with Crippen LogP contribution in [0.15, 0.2) is 24.3 Å². The molecule has 0 aliphatic heterocycles. The van der Waals surface area contributed by atoms with Crippen molar-refractivity contribution in [3.8, 4) is 5.75 Å². The maximum atomic E-state index is 11.8. The first-order valence-corrected chi connectivity index (χ1v) is 6.06. The summed E-state index contributed by atoms with van der Waals surface area (Å²) in [5.74, 6) is 1.74. The molecule has 1 aliphatic rings. The summed E-state index contributed by atoms with van der Waals surface area (Å²) in [5.41, 5.74) is 1.02. The zero-order valence-electron chi connectivity index (χ0n) is 10.6. The molecule has 0 unspecified atom stereocenters. The van der Waals surface area contributed by atoms with E-state index < -0.39 is 0 Å². The highest BCUT2D eigenvalue weighted by atomic mass is 16.5. The van der Waals surface area contributed by atoms with Crippen LogP contribution >= 0.6 is 0 Å². The minimum absolute atomic E-state index is 0.00792. The fraction of sp³-hybridized carbons (Fsp3) is 0.500. The molecule has 0 radical (unpaired) electrons. The van der Waals surface area contributed by atoms with Gasteiger partial charge in [-0.25, -0.2) is 0 Å². The van der Waals surface area contributed by atoms with Crippen molar-refractivity contribution >= 4 is 5.91 Å². The third-order valence-electron chi connectivity index (χ3n) is 3.41. The van der Waals surface area contributed by atoms with Crippen molar-refractivity contribution in [3.05, 3.63) is 29.8 Å². The Morgan fingerprint density at radius 1 is 1.47 bits per heavy atom. The van der Waals surface area contributed by atoms with E-state index >= 15 is 0 Å². The average molecular weight is 233 g/mol. The Kier molecular flexibility index (Phi) is 3.36. The first-order valence-electron chi connectivity index (χ1n) is 6.06. The van der Waals surface area contributed by atoms with Gasteiger partial charge in [-0.1, -0.05) is 25.1 Å². The van der Waals surface area contributed by atoms with E-state index in [4.69, 9.17) is 4.74 Å². The van der Waals surface area contributed by atoms with Gasteiger partial charge in [0.25, 0.3) is 0 Å². The molecule has 3 nitrogen and oxygen atoms in total. The molecule has 1 aromatic rings. The number of hydrogen-bond donors (Lipinski definition) is 1. The molecule has 1 amide bonds. The molecule has 0 bridgehead atoms. The van der Waals surface area contributed by atoms with Gasteiger partial charge in [0.05, 0.1) is 13.2 Å². The lowest BCUT2D eigenvalue weighted by Crippen LogP contribution is -2.28. The van der Waals surface area contributed by atoms with Gasteiger partial charge in [-0.15, -0.1) is 0 Å². The molecule has 0 saturated heterocycles. The second-order valence-electron chi connectivity index (χ2n) is 4.79. The van der Waals surface area contributed by atoms with E-state index in [1.165, 1.54) is 0 Å². The Bertz CT molecular complexity index is 416. The Hall–Kier alpha value is -1.51. The molecule has 0 aromatic heterocycles. The van der Waals surface area contributed by atoms with Gasteiger partial charge in [0.2, 0.25) is 5.91 Å². The minimum Gasteiger partial charge on any atom is -0.496 e. The van der Waals surface area contributed by atoms with Crippen molar-refractivity contribution in [2.45, 2.75) is 26.3 Å². The van der Waals surface area contributed by atoms with Gasteiger partial charge < -0.3 is 10.1 Å². The molecule has 3 atom stereocenters. The molecule has 92 valence electrons. The zero-order chi connectivity index (χ0) is 12.4. The number of ether oxygens (including phenoxy) is 1. The highest BCUT2D eigenvalue weighted by molar-refractivity contribution is 5.81. The number of amides is 1. The fourth-order valence-corrected chi connectivity index (χ4v) is 2.11. The minimum atomic E-state index is -0.00792. The van der Waals surface area contributed by atoms with E-state index in [0.717, 1.165) is 17.7 Å². The molecule has 2 rings (SSSR count). The lowest BCUT2D eigenvalue weighted by atomic mass is 10.1. The van der Waals surface area contributed by atoms with Crippen molar-refractivity contribution < 1.29 is 9.53 Å². The summed E-state index contributed by atoms with van der Waals surface area (Å²) in [4.78, 5) is 11.8. The van der Waals surface area contributed by atoms with Crippen LogP contribution in [0.5, 0.6) is 5.75 Å². The van der Waals surface area contributed by atoms with E-state index in [2.05, 4.69) is 12.2 Å². The maximum Gasteiger partial charge on any atom is 0.223 e. The van der Waals surface area contributed by atoms with Crippen molar-refractivity contribution in [1.82, 2.24) is 5.32 Å². The number of rotatable bonds is 4. The summed E-state index contributed by atoms with van der Waals surface area (Å²) in [5, 5.41) is 3.04. The summed E-state index contributed by atoms with van der Waals surface area (Å²) < 4.78 is 5.29. The largest absolute Gasteiger partial charge is 0.496 e. The Labute approximate surface area is 102 Å². The third-order valence-corrected chi connectivity index (χ3v) is 3.41. The first-order chi connectivity index (χ1) is 8.13. The van der Waals surface area contributed by atoms with Crippen LogP contribution in [-0.2, 0) is 4.79 Å². The van der Waals surface area contributed by atoms with Crippen LogP contribution in [0, 0.1) is 11.8 Å². The van der Waals surface area contributed by atoms with E-state index in [0.29, 0.717) is 5.92 Å². The highest BCUT2D eigenvalue weighted by Crippen LogP contribution is 2.38. The second-order valence-corrected chi connectivity index (χ2v) is 4.79. The number of para-hydroxylation sites is 1. The van der Waals surface area contributed by atoms with Gasteiger partial charge >= 0.3 is 0 Å². The van der Waals surface area contributed by atoms with Crippen LogP contribution in [0.3, 0.4) is 0 Å². The Morgan fingerprint density at radius 3 is 2.71 bits per heavy atom. The van der Waals surface area contributed by atoms with Crippen molar-refractivity contribution in [2.24, 2.45) is 11.8 Å². The molecule has 1 fully saturated rings. The fourth-order valence-electron chi connectivity index (χ4n) is 2.11. The number of nitrogens with one attached hydrogen (secondary N) is 1. The number of benzene rings is 1. The van der Waals surface area contributed by atoms with Gasteiger partial charge in [0.1, 0.15) is 5.75 Å². The van der Waals surface area contributed by atoms with Crippen molar-refractivity contribution in [1.29, 1.82) is 0 Å². The molecule has 1 aromatic carbocycles. The zero-order valence-corrected chi connectivity index (χ0v) is 10.6. The van der Waals surface area contributed by atoms with Gasteiger partial charge in [0, 0.05) is 11.5 Å². The van der Waals surface area contributed by atoms with E-state index in [1.54, 1.807) is 7.11 Å². The van der Waals surface area contributed by atoms with Crippen LogP contribution in [0.4, 0.5) is 0 Å². The monoisotopic (exact) mass is 233 g/mol. The van der Waals surface area contributed by atoms with Crippen LogP contribution in [0.1, 0.15) is 31.9 Å². The molecule has 1 N–H and O–H groups in total. The Balaban J connectivity index is 2.03. The van der Waals surface area contributed by atoms with Crippen LogP contribution in [0.2, 0.25) is 0 Å². The molecular weight excluding hydrogens is 214 g/mol. The number of methoxy groups -OCH3 is 1. The molecule has 0 spiro atoms. The summed E-state index contributed by atoms with van der Waals surface area (Å²) in [7, 11) is 1.65.